The fraction of sp³-hybridized carbons (Fsp3) is 0.194. The molecule has 1 N–H and O–H groups in total. The summed E-state index contributed by atoms with van der Waals surface area (Å²) in [7, 11) is 3.03. The van der Waals surface area contributed by atoms with Crippen LogP contribution in [0, 0.1) is 5.92 Å². The molecule has 3 aliphatic heterocycles. The van der Waals surface area contributed by atoms with E-state index in [2.05, 4.69) is 5.32 Å². The number of hydrogen-bond acceptors (Lipinski definition) is 6. The van der Waals surface area contributed by atoms with Crippen LogP contribution >= 0.6 is 0 Å². The highest BCUT2D eigenvalue weighted by atomic mass is 16.5. The number of ether oxygens (including phenoxy) is 2. The van der Waals surface area contributed by atoms with Crippen molar-refractivity contribution in [3.05, 3.63) is 125 Å². The standard InChI is InChI=1S/C36H30N2O5/c1-21-19-30-36(26-14-8-9-15-27(26)37-35(36)41)31(34(40)25-20-23(42-2)17-18-29(25)43-3)32(33(39)22-11-5-4-6-12-22)38(30)28-16-10-7-13-24(21)28/h4-20,30-32H,1-3H3,(H,37,41). The largest absolute Gasteiger partial charge is 0.497 e. The first kappa shape index (κ1) is 26.7. The van der Waals surface area contributed by atoms with Crippen LogP contribution in [0.3, 0.4) is 0 Å². The van der Waals surface area contributed by atoms with Crippen LogP contribution in [0.15, 0.2) is 103 Å². The van der Waals surface area contributed by atoms with E-state index in [0.717, 1.165) is 16.8 Å². The van der Waals surface area contributed by atoms with Gasteiger partial charge in [-0.25, -0.2) is 0 Å². The summed E-state index contributed by atoms with van der Waals surface area (Å²) in [6.07, 6.45) is 2.05. The normalized spacial score (nSPS) is 23.1. The fourth-order valence-electron chi connectivity index (χ4n) is 7.33. The summed E-state index contributed by atoms with van der Waals surface area (Å²) in [5.41, 5.74) is 3.39. The van der Waals surface area contributed by atoms with Crippen LogP contribution in [0.4, 0.5) is 11.4 Å². The van der Waals surface area contributed by atoms with E-state index < -0.39 is 23.4 Å². The summed E-state index contributed by atoms with van der Waals surface area (Å²) in [6.45, 7) is 2.01. The number of ketones is 2. The Morgan fingerprint density at radius 2 is 1.56 bits per heavy atom. The molecule has 0 radical (unpaired) electrons. The van der Waals surface area contributed by atoms with Crippen molar-refractivity contribution in [3.63, 3.8) is 0 Å². The summed E-state index contributed by atoms with van der Waals surface area (Å²) in [4.78, 5) is 46.5. The average Bonchev–Trinajstić information content (AvgIpc) is 3.52. The molecule has 7 rings (SSSR count). The number of allylic oxidation sites excluding steroid dienone is 1. The van der Waals surface area contributed by atoms with Gasteiger partial charge in [0.2, 0.25) is 5.91 Å². The first-order valence-electron chi connectivity index (χ1n) is 14.2. The smallest absolute Gasteiger partial charge is 0.238 e. The topological polar surface area (TPSA) is 84.9 Å². The van der Waals surface area contributed by atoms with Crippen LogP contribution in [0.1, 0.15) is 38.8 Å². The third-order valence-corrected chi connectivity index (χ3v) is 9.17. The molecular formula is C36H30N2O5. The van der Waals surface area contributed by atoms with Gasteiger partial charge in [-0.3, -0.25) is 14.4 Å². The molecular weight excluding hydrogens is 540 g/mol. The first-order valence-corrected chi connectivity index (χ1v) is 14.2. The molecule has 1 saturated heterocycles. The van der Waals surface area contributed by atoms with Crippen molar-refractivity contribution in [1.82, 2.24) is 0 Å². The molecule has 7 nitrogen and oxygen atoms in total. The zero-order valence-corrected chi connectivity index (χ0v) is 24.0. The molecule has 43 heavy (non-hydrogen) atoms. The summed E-state index contributed by atoms with van der Waals surface area (Å²) in [5, 5.41) is 3.07. The van der Waals surface area contributed by atoms with Gasteiger partial charge in [0, 0.05) is 22.5 Å². The minimum absolute atomic E-state index is 0.234. The Morgan fingerprint density at radius 1 is 0.837 bits per heavy atom. The number of Topliss-reactive ketones (excluding diaryl/α,β-unsaturated/α-hetero) is 2. The predicted molar refractivity (Wildman–Crippen MR) is 165 cm³/mol. The lowest BCUT2D eigenvalue weighted by Crippen LogP contribution is -2.51. The predicted octanol–water partition coefficient (Wildman–Crippen LogP) is 5.95. The second kappa shape index (κ2) is 9.98. The van der Waals surface area contributed by atoms with Crippen LogP contribution in [-0.4, -0.2) is 43.8 Å². The average molecular weight is 571 g/mol. The number of rotatable bonds is 6. The SMILES string of the molecule is COc1ccc(OC)c(C(=O)C2C(C(=O)c3ccccc3)N3c4ccccc4C(C)=CC3C23C(=O)Nc2ccccc23)c1. The highest BCUT2D eigenvalue weighted by molar-refractivity contribution is 6.19. The van der Waals surface area contributed by atoms with E-state index in [-0.39, 0.29) is 23.0 Å². The van der Waals surface area contributed by atoms with Crippen LogP contribution in [0.5, 0.6) is 11.5 Å². The number of carbonyl (C=O) groups is 3. The van der Waals surface area contributed by atoms with Gasteiger partial charge in [0.1, 0.15) is 23.0 Å². The van der Waals surface area contributed by atoms with Crippen molar-refractivity contribution in [3.8, 4) is 11.5 Å². The molecule has 7 heteroatoms. The zero-order valence-electron chi connectivity index (χ0n) is 24.0. The van der Waals surface area contributed by atoms with E-state index in [1.807, 2.05) is 84.6 Å². The number of hydrogen-bond donors (Lipinski definition) is 1. The van der Waals surface area contributed by atoms with Crippen molar-refractivity contribution in [2.45, 2.75) is 24.4 Å². The molecule has 0 aliphatic carbocycles. The Labute approximate surface area is 249 Å². The summed E-state index contributed by atoms with van der Waals surface area (Å²) < 4.78 is 11.1. The number of methoxy groups -OCH3 is 2. The molecule has 4 unspecified atom stereocenters. The number of nitrogens with one attached hydrogen (secondary N) is 1. The van der Waals surface area contributed by atoms with Crippen molar-refractivity contribution in [2.24, 2.45) is 5.92 Å². The lowest BCUT2D eigenvalue weighted by molar-refractivity contribution is -0.121. The van der Waals surface area contributed by atoms with Gasteiger partial charge in [0.25, 0.3) is 0 Å². The fourth-order valence-corrected chi connectivity index (χ4v) is 7.33. The number of anilines is 2. The zero-order chi connectivity index (χ0) is 29.9. The molecule has 1 fully saturated rings. The lowest BCUT2D eigenvalue weighted by Gasteiger charge is -2.39. The van der Waals surface area contributed by atoms with Gasteiger partial charge in [-0.1, -0.05) is 72.8 Å². The maximum atomic E-state index is 15.2. The van der Waals surface area contributed by atoms with Gasteiger partial charge in [-0.2, -0.15) is 0 Å². The van der Waals surface area contributed by atoms with Crippen molar-refractivity contribution in [2.75, 3.05) is 24.4 Å². The highest BCUT2D eigenvalue weighted by Gasteiger charge is 2.70. The van der Waals surface area contributed by atoms with E-state index in [4.69, 9.17) is 9.47 Å². The molecule has 1 amide bonds. The minimum atomic E-state index is -1.41. The van der Waals surface area contributed by atoms with E-state index in [9.17, 15) is 9.59 Å². The lowest BCUT2D eigenvalue weighted by atomic mass is 9.63. The van der Waals surface area contributed by atoms with E-state index in [1.54, 1.807) is 30.3 Å². The van der Waals surface area contributed by atoms with Crippen LogP contribution in [-0.2, 0) is 10.2 Å². The Bertz CT molecular complexity index is 1830. The molecule has 0 saturated carbocycles. The number of benzene rings is 4. The summed E-state index contributed by atoms with van der Waals surface area (Å²) >= 11 is 0. The van der Waals surface area contributed by atoms with E-state index in [1.165, 1.54) is 14.2 Å². The summed E-state index contributed by atoms with van der Waals surface area (Å²) in [6, 6.07) is 27.7. The minimum Gasteiger partial charge on any atom is -0.497 e. The van der Waals surface area contributed by atoms with E-state index >= 15 is 4.79 Å². The second-order valence-corrected chi connectivity index (χ2v) is 11.2. The van der Waals surface area contributed by atoms with Gasteiger partial charge in [0.05, 0.1) is 31.7 Å². The van der Waals surface area contributed by atoms with Crippen molar-refractivity contribution >= 4 is 34.4 Å². The molecule has 0 bridgehead atoms. The van der Waals surface area contributed by atoms with Crippen LogP contribution in [0.25, 0.3) is 5.57 Å². The van der Waals surface area contributed by atoms with E-state index in [0.29, 0.717) is 28.3 Å². The number of fused-ring (bicyclic) bond motifs is 6. The first-order chi connectivity index (χ1) is 20.9. The van der Waals surface area contributed by atoms with Gasteiger partial charge in [-0.05, 0) is 48.4 Å². The van der Waals surface area contributed by atoms with Crippen molar-refractivity contribution < 1.29 is 23.9 Å². The Balaban J connectivity index is 1.57. The van der Waals surface area contributed by atoms with Gasteiger partial charge in [-0.15, -0.1) is 0 Å². The molecule has 0 aromatic heterocycles. The number of carbonyl (C=O) groups excluding carboxylic acids is 3. The maximum Gasteiger partial charge on any atom is 0.238 e. The van der Waals surface area contributed by atoms with Crippen molar-refractivity contribution in [1.29, 1.82) is 0 Å². The summed E-state index contributed by atoms with van der Waals surface area (Å²) in [5.74, 6) is -1.20. The maximum absolute atomic E-state index is 15.2. The second-order valence-electron chi connectivity index (χ2n) is 11.2. The monoisotopic (exact) mass is 570 g/mol. The molecule has 1 spiro atoms. The molecule has 3 heterocycles. The van der Waals surface area contributed by atoms with Gasteiger partial charge >= 0.3 is 0 Å². The van der Waals surface area contributed by atoms with Gasteiger partial charge < -0.3 is 19.7 Å². The number of amides is 1. The molecule has 4 aromatic rings. The molecule has 4 atom stereocenters. The quantitative estimate of drug-likeness (QED) is 0.289. The third-order valence-electron chi connectivity index (χ3n) is 9.17. The Hall–Kier alpha value is -5.17. The van der Waals surface area contributed by atoms with Crippen LogP contribution < -0.4 is 19.7 Å². The molecule has 4 aromatic carbocycles. The number of para-hydroxylation sites is 2. The highest BCUT2D eigenvalue weighted by Crippen LogP contribution is 2.59. The molecule has 3 aliphatic rings. The molecule has 214 valence electrons. The Morgan fingerprint density at radius 3 is 2.33 bits per heavy atom. The Kier molecular flexibility index (Phi) is 6.20. The third kappa shape index (κ3) is 3.70. The van der Waals surface area contributed by atoms with Gasteiger partial charge in [0.15, 0.2) is 11.6 Å². The van der Waals surface area contributed by atoms with Crippen LogP contribution in [0.2, 0.25) is 0 Å². The number of nitrogens with zero attached hydrogens (tertiary/aromatic N) is 1.